The van der Waals surface area contributed by atoms with Crippen LogP contribution >= 0.6 is 0 Å². The summed E-state index contributed by atoms with van der Waals surface area (Å²) in [5.41, 5.74) is 0.663. The summed E-state index contributed by atoms with van der Waals surface area (Å²) in [5, 5.41) is 9.07. The van der Waals surface area contributed by atoms with Crippen LogP contribution in [0.5, 0.6) is 0 Å². The summed E-state index contributed by atoms with van der Waals surface area (Å²) >= 11 is 0. The number of nitrogens with zero attached hydrogens (tertiary/aromatic N) is 4. The van der Waals surface area contributed by atoms with Crippen molar-refractivity contribution in [1.29, 1.82) is 5.26 Å². The molecule has 25 heavy (non-hydrogen) atoms. The van der Waals surface area contributed by atoms with Crippen LogP contribution < -0.4 is 4.90 Å². The van der Waals surface area contributed by atoms with Crippen molar-refractivity contribution in [1.82, 2.24) is 9.88 Å². The van der Waals surface area contributed by atoms with Gasteiger partial charge < -0.3 is 9.80 Å². The van der Waals surface area contributed by atoms with E-state index in [0.717, 1.165) is 44.7 Å². The average Bonchev–Trinajstić information content (AvgIpc) is 2.69. The van der Waals surface area contributed by atoms with Crippen LogP contribution in [0.2, 0.25) is 0 Å². The van der Waals surface area contributed by atoms with Gasteiger partial charge in [0.2, 0.25) is 6.41 Å². The van der Waals surface area contributed by atoms with Crippen LogP contribution in [0.15, 0.2) is 18.3 Å². The lowest BCUT2D eigenvalue weighted by Gasteiger charge is -2.36. The maximum atomic E-state index is 11.5. The Labute approximate surface area is 150 Å². The van der Waals surface area contributed by atoms with Gasteiger partial charge in [-0.15, -0.1) is 0 Å². The van der Waals surface area contributed by atoms with Gasteiger partial charge in [0.05, 0.1) is 11.6 Å². The van der Waals surface area contributed by atoms with E-state index < -0.39 is 0 Å². The molecule has 0 bridgehead atoms. The Hall–Kier alpha value is -2.09. The first-order chi connectivity index (χ1) is 12.3. The largest absolute Gasteiger partial charge is 0.356 e. The van der Waals surface area contributed by atoms with Crippen molar-refractivity contribution < 1.29 is 4.79 Å². The first-order valence-electron chi connectivity index (χ1n) is 9.62. The molecular weight excluding hydrogens is 312 g/mol. The summed E-state index contributed by atoms with van der Waals surface area (Å²) in [6.45, 7) is 2.84. The van der Waals surface area contributed by atoms with Gasteiger partial charge in [-0.25, -0.2) is 4.98 Å². The zero-order chi connectivity index (χ0) is 17.5. The molecule has 1 saturated carbocycles. The quantitative estimate of drug-likeness (QED) is 0.745. The summed E-state index contributed by atoms with van der Waals surface area (Å²) in [7, 11) is 0. The fourth-order valence-corrected chi connectivity index (χ4v) is 4.24. The second kappa shape index (κ2) is 8.84. The number of carbonyl (C=O) groups excluding carboxylic acids is 1. The highest BCUT2D eigenvalue weighted by Crippen LogP contribution is 2.26. The highest BCUT2D eigenvalue weighted by atomic mass is 16.1. The number of anilines is 1. The Kier molecular flexibility index (Phi) is 6.27. The number of nitriles is 1. The van der Waals surface area contributed by atoms with Crippen LogP contribution in [-0.2, 0) is 4.79 Å². The second-order valence-electron chi connectivity index (χ2n) is 7.39. The summed E-state index contributed by atoms with van der Waals surface area (Å²) in [4.78, 5) is 20.3. The van der Waals surface area contributed by atoms with Crippen LogP contribution in [0.3, 0.4) is 0 Å². The van der Waals surface area contributed by atoms with Crippen molar-refractivity contribution in [3.8, 4) is 6.07 Å². The van der Waals surface area contributed by atoms with E-state index in [2.05, 4.69) is 16.0 Å². The monoisotopic (exact) mass is 340 g/mol. The zero-order valence-electron chi connectivity index (χ0n) is 14.9. The molecule has 1 amide bonds. The lowest BCUT2D eigenvalue weighted by atomic mass is 9.92. The number of amides is 1. The van der Waals surface area contributed by atoms with Gasteiger partial charge in [-0.05, 0) is 50.2 Å². The van der Waals surface area contributed by atoms with E-state index >= 15 is 0 Å². The normalized spacial score (nSPS) is 21.6. The number of hydrogen-bond donors (Lipinski definition) is 0. The minimum Gasteiger partial charge on any atom is -0.356 e. The van der Waals surface area contributed by atoms with E-state index in [1.807, 2.05) is 11.0 Å². The number of aromatic nitrogens is 1. The Morgan fingerprint density at radius 3 is 2.88 bits per heavy atom. The third kappa shape index (κ3) is 4.72. The van der Waals surface area contributed by atoms with Crippen molar-refractivity contribution >= 4 is 12.2 Å². The summed E-state index contributed by atoms with van der Waals surface area (Å²) in [5.74, 6) is 1.50. The number of hydrogen-bond acceptors (Lipinski definition) is 4. The fraction of sp³-hybridized carbons (Fsp3) is 0.650. The fourth-order valence-electron chi connectivity index (χ4n) is 4.24. The third-order valence-electron chi connectivity index (χ3n) is 5.69. The molecule has 1 aliphatic carbocycles. The van der Waals surface area contributed by atoms with E-state index in [4.69, 9.17) is 5.26 Å². The molecule has 1 unspecified atom stereocenters. The molecule has 2 aliphatic rings. The smallest absolute Gasteiger partial charge is 0.209 e. The molecule has 0 N–H and O–H groups in total. The summed E-state index contributed by atoms with van der Waals surface area (Å²) < 4.78 is 0. The molecule has 5 nitrogen and oxygen atoms in total. The molecular formula is C20H28N4O. The minimum atomic E-state index is 0.458. The average molecular weight is 340 g/mol. The maximum absolute atomic E-state index is 11.5. The molecule has 1 atom stereocenters. The number of pyridine rings is 1. The lowest BCUT2D eigenvalue weighted by molar-refractivity contribution is -0.121. The van der Waals surface area contributed by atoms with Crippen LogP contribution in [0.25, 0.3) is 0 Å². The van der Waals surface area contributed by atoms with Gasteiger partial charge in [-0.1, -0.05) is 19.3 Å². The molecule has 134 valence electrons. The summed E-state index contributed by atoms with van der Waals surface area (Å²) in [6, 6.07) is 6.27. The standard InChI is InChI=1S/C20H28N4O/c21-14-18-8-10-22-20(13-18)23-11-4-5-17(15-23)9-12-24(16-25)19-6-2-1-3-7-19/h8,10,13,16-17,19H,1-7,9,11-12,15H2. The van der Waals surface area contributed by atoms with Gasteiger partial charge in [0, 0.05) is 31.9 Å². The maximum Gasteiger partial charge on any atom is 0.209 e. The third-order valence-corrected chi connectivity index (χ3v) is 5.69. The highest BCUT2D eigenvalue weighted by Gasteiger charge is 2.24. The van der Waals surface area contributed by atoms with Crippen LogP contribution in [0.1, 0.15) is 56.9 Å². The molecule has 3 rings (SSSR count). The van der Waals surface area contributed by atoms with Crippen molar-refractivity contribution in [2.45, 2.75) is 57.4 Å². The molecule has 0 radical (unpaired) electrons. The number of piperidine rings is 1. The molecule has 1 saturated heterocycles. The minimum absolute atomic E-state index is 0.458. The molecule has 2 fully saturated rings. The number of carbonyl (C=O) groups is 1. The molecule has 2 heterocycles. The van der Waals surface area contributed by atoms with Crippen molar-refractivity contribution in [3.63, 3.8) is 0 Å². The van der Waals surface area contributed by atoms with Crippen molar-refractivity contribution in [3.05, 3.63) is 23.9 Å². The first-order valence-corrected chi connectivity index (χ1v) is 9.62. The van der Waals surface area contributed by atoms with E-state index in [9.17, 15) is 4.79 Å². The molecule has 1 aliphatic heterocycles. The molecule has 0 aromatic carbocycles. The van der Waals surface area contributed by atoms with Crippen LogP contribution in [0, 0.1) is 17.2 Å². The van der Waals surface area contributed by atoms with E-state index in [-0.39, 0.29) is 0 Å². The predicted octanol–water partition coefficient (Wildman–Crippen LogP) is 3.35. The van der Waals surface area contributed by atoms with Crippen molar-refractivity contribution in [2.24, 2.45) is 5.92 Å². The number of rotatable bonds is 6. The highest BCUT2D eigenvalue weighted by molar-refractivity contribution is 5.48. The van der Waals surface area contributed by atoms with Gasteiger partial charge in [0.25, 0.3) is 0 Å². The van der Waals surface area contributed by atoms with Gasteiger partial charge in [0.1, 0.15) is 5.82 Å². The van der Waals surface area contributed by atoms with Gasteiger partial charge in [-0.2, -0.15) is 5.26 Å². The van der Waals surface area contributed by atoms with Crippen molar-refractivity contribution in [2.75, 3.05) is 24.5 Å². The molecule has 5 heteroatoms. The first kappa shape index (κ1) is 17.7. The Morgan fingerprint density at radius 2 is 2.12 bits per heavy atom. The molecule has 1 aromatic rings. The van der Waals surface area contributed by atoms with Gasteiger partial charge >= 0.3 is 0 Å². The van der Waals surface area contributed by atoms with Crippen LogP contribution in [-0.4, -0.2) is 42.0 Å². The topological polar surface area (TPSA) is 60.2 Å². The lowest BCUT2D eigenvalue weighted by Crippen LogP contribution is -2.40. The Morgan fingerprint density at radius 1 is 1.28 bits per heavy atom. The Balaban J connectivity index is 1.54. The van der Waals surface area contributed by atoms with Gasteiger partial charge in [-0.3, -0.25) is 4.79 Å². The predicted molar refractivity (Wildman–Crippen MR) is 98.1 cm³/mol. The second-order valence-corrected chi connectivity index (χ2v) is 7.39. The zero-order valence-corrected chi connectivity index (χ0v) is 14.9. The van der Waals surface area contributed by atoms with E-state index in [1.165, 1.54) is 38.5 Å². The van der Waals surface area contributed by atoms with Crippen LogP contribution in [0.4, 0.5) is 5.82 Å². The SMILES string of the molecule is N#Cc1ccnc(N2CCCC(CCN(C=O)C3CCCCC3)C2)c1. The summed E-state index contributed by atoms with van der Waals surface area (Å²) in [6.07, 6.45) is 12.4. The van der Waals surface area contributed by atoms with Gasteiger partial charge in [0.15, 0.2) is 0 Å². The van der Waals surface area contributed by atoms with E-state index in [0.29, 0.717) is 17.5 Å². The molecule has 0 spiro atoms. The molecule has 1 aromatic heterocycles. The van der Waals surface area contributed by atoms with E-state index in [1.54, 1.807) is 12.3 Å². The Bertz CT molecular complexity index is 606.